The highest BCUT2D eigenvalue weighted by Gasteiger charge is 2.38. The van der Waals surface area contributed by atoms with Crippen molar-refractivity contribution in [3.8, 4) is 6.07 Å². The second-order valence-corrected chi connectivity index (χ2v) is 4.88. The minimum atomic E-state index is -2.31. The fourth-order valence-electron chi connectivity index (χ4n) is 1.71. The van der Waals surface area contributed by atoms with Gasteiger partial charge in [0.05, 0.1) is 19.1 Å². The van der Waals surface area contributed by atoms with Crippen LogP contribution >= 0.6 is 0 Å². The van der Waals surface area contributed by atoms with E-state index in [1.807, 2.05) is 6.07 Å². The molecule has 0 aromatic heterocycles. The van der Waals surface area contributed by atoms with Gasteiger partial charge in [-0.15, -0.1) is 0 Å². The SMILES string of the molecule is [2H]C1([2H])CC(C#N)C(C(C)(C)C)C([2H])([2H])N1C(=O)OC. The van der Waals surface area contributed by atoms with Crippen molar-refractivity contribution in [2.75, 3.05) is 20.1 Å². The maximum Gasteiger partial charge on any atom is 0.409 e. The second-order valence-electron chi connectivity index (χ2n) is 4.88. The highest BCUT2D eigenvalue weighted by Crippen LogP contribution is 2.37. The van der Waals surface area contributed by atoms with E-state index in [-0.39, 0.29) is 6.42 Å². The lowest BCUT2D eigenvalue weighted by Gasteiger charge is -2.41. The van der Waals surface area contributed by atoms with Gasteiger partial charge in [-0.05, 0) is 17.8 Å². The fraction of sp³-hybridized carbons (Fsp3) is 0.833. The summed E-state index contributed by atoms with van der Waals surface area (Å²) in [7, 11) is 1.08. The molecule has 1 saturated heterocycles. The van der Waals surface area contributed by atoms with Gasteiger partial charge in [-0.2, -0.15) is 5.26 Å². The van der Waals surface area contributed by atoms with E-state index in [1.165, 1.54) is 0 Å². The monoisotopic (exact) mass is 228 g/mol. The lowest BCUT2D eigenvalue weighted by atomic mass is 9.70. The molecule has 2 unspecified atom stereocenters. The number of piperidine rings is 1. The smallest absolute Gasteiger partial charge is 0.409 e. The maximum absolute atomic E-state index is 11.8. The number of amides is 1. The largest absolute Gasteiger partial charge is 0.453 e. The van der Waals surface area contributed by atoms with Gasteiger partial charge in [-0.3, -0.25) is 0 Å². The molecule has 16 heavy (non-hydrogen) atoms. The Bertz CT molecular complexity index is 440. The highest BCUT2D eigenvalue weighted by molar-refractivity contribution is 5.67. The molecule has 1 heterocycles. The highest BCUT2D eigenvalue weighted by atomic mass is 16.5. The molecule has 1 amide bonds. The minimum Gasteiger partial charge on any atom is -0.453 e. The summed E-state index contributed by atoms with van der Waals surface area (Å²) in [6.07, 6.45) is -1.30. The summed E-state index contributed by atoms with van der Waals surface area (Å²) >= 11 is 0. The number of methoxy groups -OCH3 is 1. The van der Waals surface area contributed by atoms with Crippen LogP contribution in [-0.4, -0.2) is 31.1 Å². The Balaban J connectivity index is 3.41. The van der Waals surface area contributed by atoms with Crippen LogP contribution in [0.3, 0.4) is 0 Å². The van der Waals surface area contributed by atoms with Crippen molar-refractivity contribution >= 4 is 6.09 Å². The molecule has 1 aliphatic heterocycles. The number of carbonyl (C=O) groups excluding carboxylic acids is 1. The molecule has 0 aliphatic carbocycles. The van der Waals surface area contributed by atoms with E-state index < -0.39 is 36.3 Å². The first kappa shape index (κ1) is 7.94. The number of rotatable bonds is 0. The second kappa shape index (κ2) is 4.73. The lowest BCUT2D eigenvalue weighted by Crippen LogP contribution is -2.47. The normalized spacial score (nSPS) is 36.1. The van der Waals surface area contributed by atoms with Crippen molar-refractivity contribution in [1.82, 2.24) is 4.90 Å². The Labute approximate surface area is 103 Å². The summed E-state index contributed by atoms with van der Waals surface area (Å²) in [5, 5.41) is 9.25. The van der Waals surface area contributed by atoms with Gasteiger partial charge < -0.3 is 9.64 Å². The number of carbonyl (C=O) groups is 1. The molecule has 0 aromatic carbocycles. The van der Waals surface area contributed by atoms with E-state index in [9.17, 15) is 10.1 Å². The molecular weight excluding hydrogens is 204 g/mol. The average Bonchev–Trinajstić information content (AvgIpc) is 2.23. The third-order valence-corrected chi connectivity index (χ3v) is 2.60. The van der Waals surface area contributed by atoms with Crippen molar-refractivity contribution in [3.05, 3.63) is 0 Å². The number of likely N-dealkylation sites (tertiary alicyclic amines) is 1. The minimum absolute atomic E-state index is 0.236. The summed E-state index contributed by atoms with van der Waals surface area (Å²) in [6.45, 7) is 0.745. The summed E-state index contributed by atoms with van der Waals surface area (Å²) < 4.78 is 36.8. The van der Waals surface area contributed by atoms with Crippen LogP contribution in [0.25, 0.3) is 0 Å². The number of ether oxygens (including phenoxy) is 1. The number of hydrogen-bond donors (Lipinski definition) is 0. The molecule has 0 N–H and O–H groups in total. The van der Waals surface area contributed by atoms with Gasteiger partial charge in [0.25, 0.3) is 0 Å². The first-order valence-electron chi connectivity index (χ1n) is 7.17. The molecule has 2 atom stereocenters. The third-order valence-electron chi connectivity index (χ3n) is 2.60. The van der Waals surface area contributed by atoms with Gasteiger partial charge >= 0.3 is 6.09 Å². The van der Waals surface area contributed by atoms with Crippen LogP contribution < -0.4 is 0 Å². The van der Waals surface area contributed by atoms with Crippen LogP contribution in [0.15, 0.2) is 0 Å². The molecule has 1 fully saturated rings. The Morgan fingerprint density at radius 1 is 1.62 bits per heavy atom. The molecule has 0 bridgehead atoms. The first-order valence-corrected chi connectivity index (χ1v) is 5.17. The van der Waals surface area contributed by atoms with Crippen LogP contribution in [0, 0.1) is 28.6 Å². The molecule has 4 heteroatoms. The van der Waals surface area contributed by atoms with E-state index in [4.69, 9.17) is 5.48 Å². The molecule has 0 spiro atoms. The first-order chi connectivity index (χ1) is 8.89. The Morgan fingerprint density at radius 2 is 2.25 bits per heavy atom. The molecule has 1 aliphatic rings. The van der Waals surface area contributed by atoms with Gasteiger partial charge in [-0.25, -0.2) is 4.79 Å². The van der Waals surface area contributed by atoms with Crippen LogP contribution in [0.5, 0.6) is 0 Å². The third kappa shape index (κ3) is 2.66. The predicted molar refractivity (Wildman–Crippen MR) is 60.6 cm³/mol. The van der Waals surface area contributed by atoms with Gasteiger partial charge in [0.2, 0.25) is 0 Å². The maximum atomic E-state index is 11.8. The van der Waals surface area contributed by atoms with E-state index in [1.54, 1.807) is 20.8 Å². The quantitative estimate of drug-likeness (QED) is 0.639. The summed E-state index contributed by atoms with van der Waals surface area (Å²) in [5.41, 5.74) is -0.604. The molecule has 4 nitrogen and oxygen atoms in total. The number of hydrogen-bond acceptors (Lipinski definition) is 3. The Hall–Kier alpha value is -1.24. The number of nitrogens with zero attached hydrogens (tertiary/aromatic N) is 2. The number of nitriles is 1. The van der Waals surface area contributed by atoms with E-state index in [0.29, 0.717) is 4.90 Å². The summed E-state index contributed by atoms with van der Waals surface area (Å²) in [5.74, 6) is -1.64. The van der Waals surface area contributed by atoms with Gasteiger partial charge in [0.1, 0.15) is 0 Å². The molecular formula is C12H20N2O2. The van der Waals surface area contributed by atoms with E-state index in [2.05, 4.69) is 4.74 Å². The lowest BCUT2D eigenvalue weighted by molar-refractivity contribution is 0.0564. The van der Waals surface area contributed by atoms with Crippen molar-refractivity contribution in [2.45, 2.75) is 27.2 Å². The molecule has 0 radical (unpaired) electrons. The summed E-state index contributed by atoms with van der Waals surface area (Å²) in [6, 6.07) is 1.99. The molecule has 1 rings (SSSR count). The van der Waals surface area contributed by atoms with Gasteiger partial charge in [0.15, 0.2) is 0 Å². The van der Waals surface area contributed by atoms with Crippen LogP contribution in [0.1, 0.15) is 32.7 Å². The van der Waals surface area contributed by atoms with Crippen molar-refractivity contribution in [1.29, 1.82) is 5.26 Å². The van der Waals surface area contributed by atoms with Crippen LogP contribution in [0.4, 0.5) is 4.79 Å². The van der Waals surface area contributed by atoms with Crippen LogP contribution in [-0.2, 0) is 4.74 Å². The molecule has 0 saturated carbocycles. The zero-order valence-corrected chi connectivity index (χ0v) is 10.1. The van der Waals surface area contributed by atoms with Gasteiger partial charge in [-0.1, -0.05) is 20.8 Å². The molecule has 90 valence electrons. The predicted octanol–water partition coefficient (Wildman–Crippen LogP) is 2.26. The van der Waals surface area contributed by atoms with E-state index >= 15 is 0 Å². The topological polar surface area (TPSA) is 53.3 Å². The zero-order chi connectivity index (χ0) is 15.9. The Kier molecular flexibility index (Phi) is 2.35. The van der Waals surface area contributed by atoms with Crippen molar-refractivity contribution in [2.24, 2.45) is 17.3 Å². The van der Waals surface area contributed by atoms with Crippen molar-refractivity contribution < 1.29 is 15.0 Å². The standard InChI is InChI=1S/C12H20N2O2/c1-12(2,3)10-8-14(11(15)16-4)6-5-9(10)7-13/h9-10H,5-6,8H2,1-4H3/i6D2,8D2. The Morgan fingerprint density at radius 3 is 2.69 bits per heavy atom. The fourth-order valence-corrected chi connectivity index (χ4v) is 1.71. The van der Waals surface area contributed by atoms with Crippen LogP contribution in [0.2, 0.25) is 0 Å². The van der Waals surface area contributed by atoms with Gasteiger partial charge in [0, 0.05) is 18.5 Å². The zero-order valence-electron chi connectivity index (χ0n) is 14.1. The van der Waals surface area contributed by atoms with E-state index in [0.717, 1.165) is 7.11 Å². The average molecular weight is 228 g/mol. The van der Waals surface area contributed by atoms with Crippen molar-refractivity contribution in [3.63, 3.8) is 0 Å². The summed E-state index contributed by atoms with van der Waals surface area (Å²) in [4.78, 5) is 12.3. The molecule has 0 aromatic rings.